The van der Waals surface area contributed by atoms with Gasteiger partial charge in [-0.1, -0.05) is 12.1 Å². The topological polar surface area (TPSA) is 49.6 Å². The van der Waals surface area contributed by atoms with Crippen LogP contribution in [0.4, 0.5) is 4.39 Å². The minimum absolute atomic E-state index is 0. The van der Waals surface area contributed by atoms with E-state index in [0.29, 0.717) is 13.1 Å². The number of nitrogens with two attached hydrogens (primary N) is 1. The van der Waals surface area contributed by atoms with Crippen LogP contribution in [0, 0.1) is 5.82 Å². The SMILES string of the molecule is CSCC[C@H](N)C(=O)N1CCN(C(C)c2cccc(F)c2)CC1.Cl. The van der Waals surface area contributed by atoms with Gasteiger partial charge in [-0.25, -0.2) is 4.39 Å². The van der Waals surface area contributed by atoms with Crippen molar-refractivity contribution in [3.63, 3.8) is 0 Å². The predicted molar refractivity (Wildman–Crippen MR) is 101 cm³/mol. The monoisotopic (exact) mass is 375 g/mol. The molecule has 1 aromatic rings. The summed E-state index contributed by atoms with van der Waals surface area (Å²) in [4.78, 5) is 16.5. The quantitative estimate of drug-likeness (QED) is 0.830. The lowest BCUT2D eigenvalue weighted by Crippen LogP contribution is -2.53. The van der Waals surface area contributed by atoms with Crippen molar-refractivity contribution in [2.45, 2.75) is 25.4 Å². The van der Waals surface area contributed by atoms with Gasteiger partial charge < -0.3 is 10.6 Å². The van der Waals surface area contributed by atoms with Gasteiger partial charge in [-0.05, 0) is 43.0 Å². The second kappa shape index (κ2) is 10.2. The Morgan fingerprint density at radius 3 is 2.58 bits per heavy atom. The van der Waals surface area contributed by atoms with Gasteiger partial charge in [0.25, 0.3) is 0 Å². The van der Waals surface area contributed by atoms with Crippen LogP contribution in [0.2, 0.25) is 0 Å². The maximum Gasteiger partial charge on any atom is 0.239 e. The van der Waals surface area contributed by atoms with Crippen LogP contribution in [0.5, 0.6) is 0 Å². The molecule has 136 valence electrons. The molecule has 0 spiro atoms. The molecule has 0 bridgehead atoms. The average molecular weight is 376 g/mol. The van der Waals surface area contributed by atoms with E-state index in [1.165, 1.54) is 6.07 Å². The van der Waals surface area contributed by atoms with Crippen LogP contribution >= 0.6 is 24.2 Å². The molecule has 0 aliphatic carbocycles. The lowest BCUT2D eigenvalue weighted by Gasteiger charge is -2.39. The van der Waals surface area contributed by atoms with Gasteiger partial charge in [-0.2, -0.15) is 11.8 Å². The van der Waals surface area contributed by atoms with Gasteiger partial charge in [0.15, 0.2) is 0 Å². The van der Waals surface area contributed by atoms with Crippen molar-refractivity contribution >= 4 is 30.1 Å². The minimum Gasteiger partial charge on any atom is -0.339 e. The third kappa shape index (κ3) is 5.62. The molecule has 2 rings (SSSR count). The van der Waals surface area contributed by atoms with Crippen LogP contribution in [0.15, 0.2) is 24.3 Å². The average Bonchev–Trinajstić information content (AvgIpc) is 2.58. The smallest absolute Gasteiger partial charge is 0.239 e. The molecule has 1 amide bonds. The van der Waals surface area contributed by atoms with E-state index in [-0.39, 0.29) is 30.2 Å². The van der Waals surface area contributed by atoms with E-state index in [1.54, 1.807) is 23.9 Å². The maximum atomic E-state index is 13.4. The molecule has 2 atom stereocenters. The molecule has 24 heavy (non-hydrogen) atoms. The summed E-state index contributed by atoms with van der Waals surface area (Å²) in [5, 5.41) is 0. The number of thioether (sulfide) groups is 1. The van der Waals surface area contributed by atoms with Crippen LogP contribution in [-0.4, -0.2) is 59.9 Å². The lowest BCUT2D eigenvalue weighted by atomic mass is 10.1. The number of benzene rings is 1. The number of carbonyl (C=O) groups is 1. The summed E-state index contributed by atoms with van der Waals surface area (Å²) in [7, 11) is 0. The molecule has 0 radical (unpaired) electrons. The molecule has 4 nitrogen and oxygen atoms in total. The second-order valence-electron chi connectivity index (χ2n) is 5.98. The molecule has 7 heteroatoms. The number of hydrogen-bond acceptors (Lipinski definition) is 4. The molecule has 1 aromatic carbocycles. The number of hydrogen-bond donors (Lipinski definition) is 1. The summed E-state index contributed by atoms with van der Waals surface area (Å²) < 4.78 is 13.4. The first-order valence-corrected chi connectivity index (χ1v) is 9.45. The zero-order valence-electron chi connectivity index (χ0n) is 14.3. The molecule has 1 unspecified atom stereocenters. The van der Waals surface area contributed by atoms with Gasteiger partial charge in [0.1, 0.15) is 5.82 Å². The van der Waals surface area contributed by atoms with E-state index >= 15 is 0 Å². The Morgan fingerprint density at radius 1 is 1.33 bits per heavy atom. The first-order valence-electron chi connectivity index (χ1n) is 8.05. The van der Waals surface area contributed by atoms with Gasteiger partial charge in [0.2, 0.25) is 5.91 Å². The fourth-order valence-corrected chi connectivity index (χ4v) is 3.40. The van der Waals surface area contributed by atoms with Crippen molar-refractivity contribution in [1.29, 1.82) is 0 Å². The maximum absolute atomic E-state index is 13.4. The van der Waals surface area contributed by atoms with E-state index in [1.807, 2.05) is 17.2 Å². The Labute approximate surface area is 154 Å². The van der Waals surface area contributed by atoms with E-state index < -0.39 is 6.04 Å². The minimum atomic E-state index is -0.394. The number of amides is 1. The normalized spacial score (nSPS) is 17.9. The highest BCUT2D eigenvalue weighted by atomic mass is 35.5. The summed E-state index contributed by atoms with van der Waals surface area (Å²) in [5.74, 6) is 0.753. The summed E-state index contributed by atoms with van der Waals surface area (Å²) in [6.45, 7) is 5.03. The van der Waals surface area contributed by atoms with Crippen LogP contribution in [-0.2, 0) is 4.79 Å². The number of piperazine rings is 1. The Morgan fingerprint density at radius 2 is 2.00 bits per heavy atom. The third-order valence-electron chi connectivity index (χ3n) is 4.45. The standard InChI is InChI=1S/C17H26FN3OS.ClH/c1-13(14-4-3-5-15(18)12-14)20-7-9-21(10-8-20)17(22)16(19)6-11-23-2;/h3-5,12-13,16H,6-11,19H2,1-2H3;1H/t13?,16-;/m0./s1. The van der Waals surface area contributed by atoms with Gasteiger partial charge >= 0.3 is 0 Å². The molecule has 1 heterocycles. The Hall–Kier alpha value is -0.820. The highest BCUT2D eigenvalue weighted by molar-refractivity contribution is 7.98. The van der Waals surface area contributed by atoms with E-state index in [0.717, 1.165) is 30.8 Å². The molecule has 1 aliphatic heterocycles. The van der Waals surface area contributed by atoms with Crippen molar-refractivity contribution in [3.05, 3.63) is 35.6 Å². The van der Waals surface area contributed by atoms with Crippen LogP contribution < -0.4 is 5.73 Å². The summed E-state index contributed by atoms with van der Waals surface area (Å²) >= 11 is 1.71. The van der Waals surface area contributed by atoms with Crippen molar-refractivity contribution in [3.8, 4) is 0 Å². The van der Waals surface area contributed by atoms with Crippen molar-refractivity contribution in [2.75, 3.05) is 38.2 Å². The van der Waals surface area contributed by atoms with Crippen LogP contribution in [0.25, 0.3) is 0 Å². The van der Waals surface area contributed by atoms with E-state index in [4.69, 9.17) is 5.73 Å². The number of halogens is 2. The van der Waals surface area contributed by atoms with Crippen molar-refractivity contribution in [1.82, 2.24) is 9.80 Å². The van der Waals surface area contributed by atoms with Crippen LogP contribution in [0.3, 0.4) is 0 Å². The van der Waals surface area contributed by atoms with Gasteiger partial charge in [-0.15, -0.1) is 12.4 Å². The summed E-state index contributed by atoms with van der Waals surface area (Å²) in [6.07, 6.45) is 2.74. The molecule has 2 N–H and O–H groups in total. The Bertz CT molecular complexity index is 526. The highest BCUT2D eigenvalue weighted by Gasteiger charge is 2.27. The first-order chi connectivity index (χ1) is 11.0. The number of carbonyl (C=O) groups excluding carboxylic acids is 1. The molecular weight excluding hydrogens is 349 g/mol. The Balaban J connectivity index is 0.00000288. The molecule has 0 saturated carbocycles. The lowest BCUT2D eigenvalue weighted by molar-refractivity contribution is -0.134. The third-order valence-corrected chi connectivity index (χ3v) is 5.10. The molecular formula is C17H27ClFN3OS. The van der Waals surface area contributed by atoms with E-state index in [2.05, 4.69) is 11.8 Å². The zero-order chi connectivity index (χ0) is 16.8. The van der Waals surface area contributed by atoms with Gasteiger partial charge in [0.05, 0.1) is 6.04 Å². The van der Waals surface area contributed by atoms with Crippen molar-refractivity contribution in [2.24, 2.45) is 5.73 Å². The molecule has 1 saturated heterocycles. The predicted octanol–water partition coefficient (Wildman–Crippen LogP) is 2.53. The molecule has 0 aromatic heterocycles. The first kappa shape index (κ1) is 21.2. The summed E-state index contributed by atoms with van der Waals surface area (Å²) in [6, 6.07) is 6.49. The second-order valence-corrected chi connectivity index (χ2v) is 6.97. The highest BCUT2D eigenvalue weighted by Crippen LogP contribution is 2.22. The molecule has 1 aliphatic rings. The molecule has 1 fully saturated rings. The van der Waals surface area contributed by atoms with Gasteiger partial charge in [-0.3, -0.25) is 9.69 Å². The van der Waals surface area contributed by atoms with Crippen molar-refractivity contribution < 1.29 is 9.18 Å². The van der Waals surface area contributed by atoms with E-state index in [9.17, 15) is 9.18 Å². The number of nitrogens with zero attached hydrogens (tertiary/aromatic N) is 2. The largest absolute Gasteiger partial charge is 0.339 e. The fourth-order valence-electron chi connectivity index (χ4n) is 2.91. The number of rotatable bonds is 6. The Kier molecular flexibility index (Phi) is 9.05. The fraction of sp³-hybridized carbons (Fsp3) is 0.588. The zero-order valence-corrected chi connectivity index (χ0v) is 15.9. The summed E-state index contributed by atoms with van der Waals surface area (Å²) in [5.41, 5.74) is 6.95. The van der Waals surface area contributed by atoms with Crippen LogP contribution in [0.1, 0.15) is 24.9 Å². The van der Waals surface area contributed by atoms with Gasteiger partial charge in [0, 0.05) is 32.2 Å².